The van der Waals surface area contributed by atoms with Crippen LogP contribution in [0.2, 0.25) is 0 Å². The van der Waals surface area contributed by atoms with Crippen molar-refractivity contribution in [1.29, 1.82) is 0 Å². The summed E-state index contributed by atoms with van der Waals surface area (Å²) >= 11 is 0. The van der Waals surface area contributed by atoms with E-state index < -0.39 is 15.2 Å². The average molecular weight is 293 g/mol. The van der Waals surface area contributed by atoms with E-state index in [1.165, 1.54) is 12.1 Å². The summed E-state index contributed by atoms with van der Waals surface area (Å²) in [6.07, 6.45) is -1.83. The Morgan fingerprint density at radius 2 is 1.50 bits per heavy atom. The standard InChI is InChI=1S/C7H7ClO2S.CH2O3.K.H/c1-6-2-4-7(5-3-6)11(8,9)10;2-1(3)4;;/h2-5H,1H3;(H2,2,3,4);;. The van der Waals surface area contributed by atoms with E-state index in [4.69, 9.17) is 25.7 Å². The Hall–Kier alpha value is 0.366. The zero-order chi connectivity index (χ0) is 12.1. The van der Waals surface area contributed by atoms with E-state index in [1.807, 2.05) is 6.92 Å². The van der Waals surface area contributed by atoms with Gasteiger partial charge in [0.2, 0.25) is 0 Å². The molecule has 0 heterocycles. The first-order valence-electron chi connectivity index (χ1n) is 3.66. The van der Waals surface area contributed by atoms with Crippen molar-refractivity contribution in [3.8, 4) is 0 Å². The molecule has 0 saturated heterocycles. The van der Waals surface area contributed by atoms with Gasteiger partial charge in [-0.2, -0.15) is 0 Å². The van der Waals surface area contributed by atoms with Crippen LogP contribution in [0.25, 0.3) is 0 Å². The van der Waals surface area contributed by atoms with E-state index >= 15 is 0 Å². The minimum absolute atomic E-state index is 0. The molecular formula is C8H10ClKO5S. The summed E-state index contributed by atoms with van der Waals surface area (Å²) in [6.45, 7) is 1.88. The van der Waals surface area contributed by atoms with Crippen LogP contribution >= 0.6 is 10.7 Å². The molecule has 1 aromatic rings. The van der Waals surface area contributed by atoms with E-state index in [0.29, 0.717) is 0 Å². The molecule has 2 N–H and O–H groups in total. The predicted molar refractivity (Wildman–Crippen MR) is 62.0 cm³/mol. The molecule has 0 aliphatic rings. The number of halogens is 1. The van der Waals surface area contributed by atoms with Gasteiger partial charge in [-0.1, -0.05) is 17.7 Å². The third-order valence-electron chi connectivity index (χ3n) is 1.30. The van der Waals surface area contributed by atoms with Crippen molar-refractivity contribution in [2.45, 2.75) is 11.8 Å². The summed E-state index contributed by atoms with van der Waals surface area (Å²) in [5.41, 5.74) is 1.01. The van der Waals surface area contributed by atoms with Gasteiger partial charge in [-0.05, 0) is 19.1 Å². The number of hydrogen-bond acceptors (Lipinski definition) is 3. The van der Waals surface area contributed by atoms with Crippen molar-refractivity contribution in [3.05, 3.63) is 29.8 Å². The third kappa shape index (κ3) is 9.58. The fourth-order valence-corrected chi connectivity index (χ4v) is 1.47. The van der Waals surface area contributed by atoms with E-state index in [2.05, 4.69) is 0 Å². The van der Waals surface area contributed by atoms with Crippen LogP contribution in [0, 0.1) is 6.92 Å². The molecule has 5 nitrogen and oxygen atoms in total. The fraction of sp³-hybridized carbons (Fsp3) is 0.125. The summed E-state index contributed by atoms with van der Waals surface area (Å²) in [6, 6.07) is 6.37. The normalized spacial score (nSPS) is 9.38. The van der Waals surface area contributed by atoms with Crippen molar-refractivity contribution in [3.63, 3.8) is 0 Å². The van der Waals surface area contributed by atoms with Crippen LogP contribution in [0.3, 0.4) is 0 Å². The van der Waals surface area contributed by atoms with Crippen LogP contribution in [-0.4, -0.2) is 76.2 Å². The SMILES string of the molecule is Cc1ccc(S(=O)(=O)Cl)cc1.O=C(O)O.[KH]. The van der Waals surface area contributed by atoms with Crippen LogP contribution in [0.5, 0.6) is 0 Å². The van der Waals surface area contributed by atoms with Gasteiger partial charge in [-0.3, -0.25) is 0 Å². The first-order valence-corrected chi connectivity index (χ1v) is 5.97. The van der Waals surface area contributed by atoms with Crippen LogP contribution in [-0.2, 0) is 9.05 Å². The molecule has 0 radical (unpaired) electrons. The number of benzene rings is 1. The molecule has 0 unspecified atom stereocenters. The summed E-state index contributed by atoms with van der Waals surface area (Å²) in [7, 11) is 1.54. The number of rotatable bonds is 1. The molecule has 8 heteroatoms. The second-order valence-corrected chi connectivity index (χ2v) is 5.10. The molecule has 0 bridgehead atoms. The quantitative estimate of drug-likeness (QED) is 0.604. The molecule has 86 valence electrons. The van der Waals surface area contributed by atoms with Gasteiger partial charge in [-0.15, -0.1) is 0 Å². The molecule has 0 atom stereocenters. The molecular weight excluding hydrogens is 283 g/mol. The molecule has 0 aromatic heterocycles. The maximum atomic E-state index is 10.7. The first kappa shape index (κ1) is 18.7. The van der Waals surface area contributed by atoms with Crippen LogP contribution < -0.4 is 0 Å². The predicted octanol–water partition coefficient (Wildman–Crippen LogP) is 1.50. The number of hydrogen-bond donors (Lipinski definition) is 2. The van der Waals surface area contributed by atoms with E-state index in [9.17, 15) is 8.42 Å². The molecule has 0 aliphatic carbocycles. The van der Waals surface area contributed by atoms with E-state index in [0.717, 1.165) is 5.56 Å². The number of aryl methyl sites for hydroxylation is 1. The Kier molecular flexibility index (Phi) is 9.90. The van der Waals surface area contributed by atoms with Crippen molar-refractivity contribution in [1.82, 2.24) is 0 Å². The van der Waals surface area contributed by atoms with E-state index in [-0.39, 0.29) is 56.3 Å². The first-order chi connectivity index (χ1) is 6.73. The molecule has 0 spiro atoms. The van der Waals surface area contributed by atoms with Gasteiger partial charge in [0, 0.05) is 10.7 Å². The molecule has 16 heavy (non-hydrogen) atoms. The number of carboxylic acid groups (broad SMARTS) is 2. The van der Waals surface area contributed by atoms with Crippen LogP contribution in [0.1, 0.15) is 5.56 Å². The van der Waals surface area contributed by atoms with E-state index in [1.54, 1.807) is 12.1 Å². The zero-order valence-corrected chi connectivity index (χ0v) is 9.29. The summed E-state index contributed by atoms with van der Waals surface area (Å²) in [5, 5.41) is 13.9. The molecule has 1 rings (SSSR count). The topological polar surface area (TPSA) is 91.7 Å². The van der Waals surface area contributed by atoms with Gasteiger partial charge in [-0.25, -0.2) is 13.2 Å². The van der Waals surface area contributed by atoms with Crippen molar-refractivity contribution in [2.75, 3.05) is 0 Å². The maximum absolute atomic E-state index is 10.7. The van der Waals surface area contributed by atoms with Crippen LogP contribution in [0.4, 0.5) is 4.79 Å². The number of carbonyl (C=O) groups is 1. The summed E-state index contributed by atoms with van der Waals surface area (Å²) < 4.78 is 21.4. The third-order valence-corrected chi connectivity index (χ3v) is 2.67. The summed E-state index contributed by atoms with van der Waals surface area (Å²) in [4.78, 5) is 8.70. The van der Waals surface area contributed by atoms with Gasteiger partial charge in [0.25, 0.3) is 9.05 Å². The Morgan fingerprint density at radius 3 is 1.75 bits per heavy atom. The summed E-state index contributed by atoms with van der Waals surface area (Å²) in [5.74, 6) is 0. The van der Waals surface area contributed by atoms with Gasteiger partial charge >= 0.3 is 57.5 Å². The van der Waals surface area contributed by atoms with Crippen molar-refractivity contribution >= 4 is 77.3 Å². The molecule has 0 amide bonds. The second kappa shape index (κ2) is 8.46. The average Bonchev–Trinajstić information content (AvgIpc) is 2.01. The minimum atomic E-state index is -3.55. The molecule has 0 saturated carbocycles. The van der Waals surface area contributed by atoms with Gasteiger partial charge in [0.15, 0.2) is 0 Å². The fourth-order valence-electron chi connectivity index (χ4n) is 0.701. The van der Waals surface area contributed by atoms with Gasteiger partial charge < -0.3 is 10.2 Å². The van der Waals surface area contributed by atoms with Gasteiger partial charge in [0.05, 0.1) is 4.90 Å². The van der Waals surface area contributed by atoms with Crippen LogP contribution in [0.15, 0.2) is 29.2 Å². The Bertz CT molecular complexity index is 424. The van der Waals surface area contributed by atoms with Crippen molar-refractivity contribution in [2.24, 2.45) is 0 Å². The second-order valence-electron chi connectivity index (χ2n) is 2.53. The zero-order valence-electron chi connectivity index (χ0n) is 7.71. The molecule has 0 fully saturated rings. The van der Waals surface area contributed by atoms with Gasteiger partial charge in [0.1, 0.15) is 0 Å². The Balaban J connectivity index is 0. The van der Waals surface area contributed by atoms with Crippen molar-refractivity contribution < 1.29 is 23.4 Å². The molecule has 1 aromatic carbocycles. The molecule has 0 aliphatic heterocycles. The monoisotopic (exact) mass is 292 g/mol. The Morgan fingerprint density at radius 1 is 1.19 bits per heavy atom. The Labute approximate surface area is 140 Å².